The fourth-order valence-corrected chi connectivity index (χ4v) is 3.48. The Morgan fingerprint density at radius 2 is 1.74 bits per heavy atom. The summed E-state index contributed by atoms with van der Waals surface area (Å²) >= 11 is 5.66. The largest absolute Gasteiger partial charge is 0.372 e. The Morgan fingerprint density at radius 1 is 1.07 bits per heavy atom. The Bertz CT molecular complexity index is 810. The topological polar surface area (TPSA) is 53.0 Å². The molecule has 0 fully saturated rings. The SMILES string of the molecule is CCN(CCC#N)Cn1nc(-c2ccc(N(CC)CC)cc2)n(CC)c1=S. The van der Waals surface area contributed by atoms with Crippen LogP contribution in [-0.4, -0.2) is 45.4 Å². The van der Waals surface area contributed by atoms with Gasteiger partial charge in [-0.05, 0) is 63.8 Å². The van der Waals surface area contributed by atoms with E-state index in [1.54, 1.807) is 0 Å². The standard InChI is InChI=1S/C20H30N6S/c1-5-23(15-9-14-21)16-26-20(27)25(8-4)19(22-26)17-10-12-18(13-11-17)24(6-2)7-3/h10-13H,5-9,15-16H2,1-4H3. The molecule has 0 atom stereocenters. The van der Waals surface area contributed by atoms with Crippen LogP contribution in [0.2, 0.25) is 0 Å². The van der Waals surface area contributed by atoms with Gasteiger partial charge >= 0.3 is 0 Å². The van der Waals surface area contributed by atoms with Crippen molar-refractivity contribution in [3.05, 3.63) is 29.0 Å². The van der Waals surface area contributed by atoms with Gasteiger partial charge in [-0.3, -0.25) is 4.90 Å². The minimum Gasteiger partial charge on any atom is -0.372 e. The Kier molecular flexibility index (Phi) is 8.01. The summed E-state index contributed by atoms with van der Waals surface area (Å²) in [7, 11) is 0. The zero-order valence-corrected chi connectivity index (χ0v) is 17.7. The van der Waals surface area contributed by atoms with E-state index >= 15 is 0 Å². The lowest BCUT2D eigenvalue weighted by Gasteiger charge is -2.21. The highest BCUT2D eigenvalue weighted by molar-refractivity contribution is 7.71. The molecule has 27 heavy (non-hydrogen) atoms. The second-order valence-corrected chi connectivity index (χ2v) is 6.69. The number of aromatic nitrogens is 3. The quantitative estimate of drug-likeness (QED) is 0.575. The fraction of sp³-hybridized carbons (Fsp3) is 0.550. The molecule has 0 radical (unpaired) electrons. The van der Waals surface area contributed by atoms with Crippen LogP contribution in [0.4, 0.5) is 5.69 Å². The van der Waals surface area contributed by atoms with Gasteiger partial charge in [-0.15, -0.1) is 0 Å². The lowest BCUT2D eigenvalue weighted by atomic mass is 10.2. The molecule has 0 N–H and O–H groups in total. The second-order valence-electron chi connectivity index (χ2n) is 6.33. The molecule has 0 aliphatic rings. The molecule has 0 saturated heterocycles. The van der Waals surface area contributed by atoms with Gasteiger partial charge in [0.25, 0.3) is 0 Å². The van der Waals surface area contributed by atoms with E-state index < -0.39 is 0 Å². The number of hydrogen-bond donors (Lipinski definition) is 0. The van der Waals surface area contributed by atoms with E-state index in [1.165, 1.54) is 5.69 Å². The molecule has 0 aliphatic carbocycles. The van der Waals surface area contributed by atoms with Crippen LogP contribution in [0.1, 0.15) is 34.1 Å². The van der Waals surface area contributed by atoms with Crippen LogP contribution in [0.15, 0.2) is 24.3 Å². The van der Waals surface area contributed by atoms with Gasteiger partial charge in [-0.1, -0.05) is 6.92 Å². The third-order valence-corrected chi connectivity index (χ3v) is 5.25. The average Bonchev–Trinajstić information content (AvgIpc) is 3.01. The van der Waals surface area contributed by atoms with E-state index in [0.29, 0.717) is 13.1 Å². The molecule has 146 valence electrons. The van der Waals surface area contributed by atoms with Crippen molar-refractivity contribution in [1.82, 2.24) is 19.2 Å². The molecular weight excluding hydrogens is 356 g/mol. The third kappa shape index (κ3) is 4.96. The first-order valence-electron chi connectivity index (χ1n) is 9.71. The molecule has 6 nitrogen and oxygen atoms in total. The first-order chi connectivity index (χ1) is 13.1. The van der Waals surface area contributed by atoms with Crippen molar-refractivity contribution < 1.29 is 0 Å². The van der Waals surface area contributed by atoms with Gasteiger partial charge in [0.2, 0.25) is 0 Å². The molecule has 0 amide bonds. The number of hydrogen-bond acceptors (Lipinski definition) is 5. The summed E-state index contributed by atoms with van der Waals surface area (Å²) in [6, 6.07) is 10.7. The van der Waals surface area contributed by atoms with E-state index in [0.717, 1.165) is 48.9 Å². The van der Waals surface area contributed by atoms with Crippen molar-refractivity contribution in [2.75, 3.05) is 31.1 Å². The van der Waals surface area contributed by atoms with Gasteiger partial charge < -0.3 is 9.47 Å². The highest BCUT2D eigenvalue weighted by atomic mass is 32.1. The number of benzene rings is 1. The van der Waals surface area contributed by atoms with Crippen molar-refractivity contribution >= 4 is 17.9 Å². The van der Waals surface area contributed by atoms with Crippen LogP contribution in [0, 0.1) is 16.1 Å². The van der Waals surface area contributed by atoms with Crippen LogP contribution >= 0.6 is 12.2 Å². The normalized spacial score (nSPS) is 11.0. The first-order valence-corrected chi connectivity index (χ1v) is 10.1. The van der Waals surface area contributed by atoms with Crippen molar-refractivity contribution in [2.45, 2.75) is 47.3 Å². The summed E-state index contributed by atoms with van der Waals surface area (Å²) in [5.74, 6) is 0.893. The predicted molar refractivity (Wildman–Crippen MR) is 113 cm³/mol. The van der Waals surface area contributed by atoms with Crippen LogP contribution in [0.3, 0.4) is 0 Å². The molecule has 1 aromatic heterocycles. The van der Waals surface area contributed by atoms with Crippen molar-refractivity contribution in [3.8, 4) is 17.5 Å². The summed E-state index contributed by atoms with van der Waals surface area (Å²) in [5, 5.41) is 13.6. The highest BCUT2D eigenvalue weighted by Crippen LogP contribution is 2.23. The Balaban J connectivity index is 2.32. The summed E-state index contributed by atoms with van der Waals surface area (Å²) < 4.78 is 4.66. The van der Waals surface area contributed by atoms with Gasteiger partial charge in [0.1, 0.15) is 0 Å². The summed E-state index contributed by atoms with van der Waals surface area (Å²) in [6.07, 6.45) is 0.509. The Labute approximate surface area is 167 Å². The molecule has 0 saturated carbocycles. The van der Waals surface area contributed by atoms with Gasteiger partial charge in [0.15, 0.2) is 10.6 Å². The molecule has 0 unspecified atom stereocenters. The minimum absolute atomic E-state index is 0.509. The monoisotopic (exact) mass is 386 g/mol. The van der Waals surface area contributed by atoms with Gasteiger partial charge in [-0.2, -0.15) is 10.4 Å². The molecule has 0 spiro atoms. The van der Waals surface area contributed by atoms with Crippen molar-refractivity contribution in [1.29, 1.82) is 5.26 Å². The Hall–Kier alpha value is -2.17. The molecule has 2 rings (SSSR count). The molecule has 0 aliphatic heterocycles. The molecular formula is C20H30N6S. The van der Waals surface area contributed by atoms with E-state index in [9.17, 15) is 0 Å². The summed E-state index contributed by atoms with van der Waals surface area (Å²) in [4.78, 5) is 4.50. The Morgan fingerprint density at radius 3 is 2.26 bits per heavy atom. The lowest BCUT2D eigenvalue weighted by Crippen LogP contribution is -2.28. The number of nitrogens with zero attached hydrogens (tertiary/aromatic N) is 6. The highest BCUT2D eigenvalue weighted by Gasteiger charge is 2.14. The summed E-state index contributed by atoms with van der Waals surface area (Å²) in [5.41, 5.74) is 2.29. The number of nitriles is 1. The minimum atomic E-state index is 0.509. The van der Waals surface area contributed by atoms with Crippen LogP contribution in [0.25, 0.3) is 11.4 Å². The maximum absolute atomic E-state index is 8.84. The molecule has 2 aromatic rings. The van der Waals surface area contributed by atoms with E-state index in [-0.39, 0.29) is 0 Å². The third-order valence-electron chi connectivity index (χ3n) is 4.81. The van der Waals surface area contributed by atoms with Crippen LogP contribution in [0.5, 0.6) is 0 Å². The second kappa shape index (κ2) is 10.2. The molecule has 0 bridgehead atoms. The maximum atomic E-state index is 8.84. The van der Waals surface area contributed by atoms with Crippen LogP contribution < -0.4 is 4.90 Å². The molecule has 1 aromatic carbocycles. The van der Waals surface area contributed by atoms with E-state index in [1.807, 2.05) is 4.68 Å². The van der Waals surface area contributed by atoms with Crippen LogP contribution in [-0.2, 0) is 13.2 Å². The lowest BCUT2D eigenvalue weighted by molar-refractivity contribution is 0.220. The maximum Gasteiger partial charge on any atom is 0.199 e. The number of anilines is 1. The summed E-state index contributed by atoms with van der Waals surface area (Å²) in [6.45, 7) is 13.5. The zero-order valence-electron chi connectivity index (χ0n) is 16.9. The average molecular weight is 387 g/mol. The van der Waals surface area contributed by atoms with Gasteiger partial charge in [0.05, 0.1) is 12.7 Å². The number of rotatable bonds is 10. The first kappa shape index (κ1) is 21.1. The predicted octanol–water partition coefficient (Wildman–Crippen LogP) is 4.14. The smallest absolute Gasteiger partial charge is 0.199 e. The van der Waals surface area contributed by atoms with Gasteiger partial charge in [-0.25, -0.2) is 4.68 Å². The molecule has 7 heteroatoms. The van der Waals surface area contributed by atoms with E-state index in [4.69, 9.17) is 22.6 Å². The fourth-order valence-electron chi connectivity index (χ4n) is 3.17. The van der Waals surface area contributed by atoms with E-state index in [2.05, 4.69) is 72.4 Å². The zero-order chi connectivity index (χ0) is 19.8. The van der Waals surface area contributed by atoms with Crippen molar-refractivity contribution in [2.24, 2.45) is 0 Å². The van der Waals surface area contributed by atoms with Crippen molar-refractivity contribution in [3.63, 3.8) is 0 Å². The van der Waals surface area contributed by atoms with Gasteiger partial charge in [0, 0.05) is 43.9 Å². The molecule has 1 heterocycles.